The number of hydrogen-bond acceptors (Lipinski definition) is 6. The Morgan fingerprint density at radius 3 is 2.27 bits per heavy atom. The Bertz CT molecular complexity index is 1040. The number of hydrogen-bond donors (Lipinski definition) is 0. The zero-order valence-electron chi connectivity index (χ0n) is 13.6. The van der Waals surface area contributed by atoms with Crippen LogP contribution in [0.2, 0.25) is 0 Å². The van der Waals surface area contributed by atoms with Gasteiger partial charge in [0.15, 0.2) is 17.3 Å². The zero-order chi connectivity index (χ0) is 17.8. The molecule has 0 aliphatic rings. The number of benzene rings is 1. The monoisotopic (exact) mass is 359 g/mol. The van der Waals surface area contributed by atoms with Crippen LogP contribution in [0.4, 0.5) is 0 Å². The summed E-state index contributed by atoms with van der Waals surface area (Å²) in [6.45, 7) is 0. The summed E-state index contributed by atoms with van der Waals surface area (Å²) in [7, 11) is 0. The van der Waals surface area contributed by atoms with Crippen molar-refractivity contribution in [3.63, 3.8) is 0 Å². The smallest absolute Gasteiger partial charge is 0.197 e. The minimum absolute atomic E-state index is 0.399. The van der Waals surface area contributed by atoms with Crippen molar-refractivity contribution in [1.29, 1.82) is 5.26 Å². The molecule has 0 fully saturated rings. The maximum atomic E-state index is 9.71. The second-order valence-electron chi connectivity index (χ2n) is 5.42. The van der Waals surface area contributed by atoms with Crippen LogP contribution in [0.25, 0.3) is 23.0 Å². The van der Waals surface area contributed by atoms with Crippen LogP contribution < -0.4 is 0 Å². The van der Waals surface area contributed by atoms with E-state index >= 15 is 0 Å². The molecule has 0 spiro atoms. The van der Waals surface area contributed by atoms with Gasteiger partial charge >= 0.3 is 0 Å². The van der Waals surface area contributed by atoms with Crippen LogP contribution in [0.3, 0.4) is 0 Å². The zero-order valence-corrected chi connectivity index (χ0v) is 14.4. The Hall–Kier alpha value is -3.30. The highest BCUT2D eigenvalue weighted by Gasteiger charge is 2.20. The molecule has 126 valence electrons. The minimum atomic E-state index is 0.399. The summed E-state index contributed by atoms with van der Waals surface area (Å²) in [6.07, 6.45) is 3.13. The SMILES string of the molecule is N#Cc1c(SCc2ccccc2)nc(-c2ccco2)nc1-c1ccco1. The van der Waals surface area contributed by atoms with Crippen molar-refractivity contribution < 1.29 is 8.83 Å². The van der Waals surface area contributed by atoms with Crippen molar-refractivity contribution in [2.45, 2.75) is 10.8 Å². The van der Waals surface area contributed by atoms with Crippen LogP contribution in [0.15, 0.2) is 81.0 Å². The Labute approximate surface area is 154 Å². The Morgan fingerprint density at radius 2 is 1.62 bits per heavy atom. The first-order chi connectivity index (χ1) is 12.8. The van der Waals surface area contributed by atoms with E-state index in [1.165, 1.54) is 11.8 Å². The van der Waals surface area contributed by atoms with Crippen molar-refractivity contribution in [3.8, 4) is 29.1 Å². The molecule has 0 atom stereocenters. The van der Waals surface area contributed by atoms with Gasteiger partial charge in [0.05, 0.1) is 12.5 Å². The molecule has 3 aromatic heterocycles. The van der Waals surface area contributed by atoms with Gasteiger partial charge in [-0.15, -0.1) is 11.8 Å². The molecule has 4 rings (SSSR count). The molecule has 0 aliphatic carbocycles. The number of rotatable bonds is 5. The third kappa shape index (κ3) is 3.25. The molecule has 0 N–H and O–H groups in total. The van der Waals surface area contributed by atoms with Gasteiger partial charge in [0.25, 0.3) is 0 Å². The minimum Gasteiger partial charge on any atom is -0.463 e. The van der Waals surface area contributed by atoms with Gasteiger partial charge in [-0.05, 0) is 29.8 Å². The van der Waals surface area contributed by atoms with E-state index in [0.717, 1.165) is 5.56 Å². The lowest BCUT2D eigenvalue weighted by Gasteiger charge is -2.09. The lowest BCUT2D eigenvalue weighted by Crippen LogP contribution is -1.99. The Kier molecular flexibility index (Phi) is 4.54. The molecule has 3 heterocycles. The molecule has 0 saturated carbocycles. The Balaban J connectivity index is 1.79. The number of thioether (sulfide) groups is 1. The maximum absolute atomic E-state index is 9.71. The molecule has 0 bridgehead atoms. The van der Waals surface area contributed by atoms with Crippen LogP contribution in [-0.4, -0.2) is 9.97 Å². The summed E-state index contributed by atoms with van der Waals surface area (Å²) in [5, 5.41) is 10.3. The highest BCUT2D eigenvalue weighted by molar-refractivity contribution is 7.98. The van der Waals surface area contributed by atoms with Crippen molar-refractivity contribution in [3.05, 3.63) is 78.3 Å². The molecule has 6 heteroatoms. The van der Waals surface area contributed by atoms with E-state index in [9.17, 15) is 5.26 Å². The van der Waals surface area contributed by atoms with E-state index in [-0.39, 0.29) is 0 Å². The third-order valence-corrected chi connectivity index (χ3v) is 4.75. The van der Waals surface area contributed by atoms with Gasteiger partial charge < -0.3 is 8.83 Å². The van der Waals surface area contributed by atoms with Crippen LogP contribution in [0.1, 0.15) is 11.1 Å². The molecule has 0 amide bonds. The van der Waals surface area contributed by atoms with E-state index in [2.05, 4.69) is 16.0 Å². The van der Waals surface area contributed by atoms with Gasteiger partial charge in [0.2, 0.25) is 0 Å². The average Bonchev–Trinajstić information content (AvgIpc) is 3.40. The molecule has 0 radical (unpaired) electrons. The van der Waals surface area contributed by atoms with Gasteiger partial charge in [0, 0.05) is 5.75 Å². The van der Waals surface area contributed by atoms with Crippen LogP contribution in [0, 0.1) is 11.3 Å². The van der Waals surface area contributed by atoms with Crippen LogP contribution in [-0.2, 0) is 5.75 Å². The molecule has 4 aromatic rings. The number of aromatic nitrogens is 2. The molecular formula is C20H13N3O2S. The van der Waals surface area contributed by atoms with Gasteiger partial charge in [-0.3, -0.25) is 0 Å². The summed E-state index contributed by atoms with van der Waals surface area (Å²) in [4.78, 5) is 9.08. The molecule has 26 heavy (non-hydrogen) atoms. The van der Waals surface area contributed by atoms with Crippen molar-refractivity contribution in [1.82, 2.24) is 9.97 Å². The summed E-state index contributed by atoms with van der Waals surface area (Å²) in [5.74, 6) is 2.19. The quantitative estimate of drug-likeness (QED) is 0.362. The summed E-state index contributed by atoms with van der Waals surface area (Å²) in [5.41, 5.74) is 2.02. The lowest BCUT2D eigenvalue weighted by molar-refractivity contribution is 0.572. The fourth-order valence-corrected chi connectivity index (χ4v) is 3.41. The summed E-state index contributed by atoms with van der Waals surface area (Å²) >= 11 is 1.49. The number of furan rings is 2. The van der Waals surface area contributed by atoms with Crippen molar-refractivity contribution in [2.24, 2.45) is 0 Å². The van der Waals surface area contributed by atoms with Crippen molar-refractivity contribution >= 4 is 11.8 Å². The topological polar surface area (TPSA) is 75.8 Å². The second-order valence-corrected chi connectivity index (χ2v) is 6.38. The lowest BCUT2D eigenvalue weighted by atomic mass is 10.2. The maximum Gasteiger partial charge on any atom is 0.197 e. The van der Waals surface area contributed by atoms with Crippen LogP contribution in [0.5, 0.6) is 0 Å². The van der Waals surface area contributed by atoms with Gasteiger partial charge in [0.1, 0.15) is 22.4 Å². The van der Waals surface area contributed by atoms with E-state index in [1.807, 2.05) is 30.3 Å². The predicted octanol–water partition coefficient (Wildman–Crippen LogP) is 5.16. The molecule has 0 saturated heterocycles. The molecule has 0 aliphatic heterocycles. The first-order valence-corrected chi connectivity index (χ1v) is 8.90. The van der Waals surface area contributed by atoms with Gasteiger partial charge in [-0.1, -0.05) is 30.3 Å². The van der Waals surface area contributed by atoms with E-state index in [1.54, 1.807) is 36.8 Å². The molecule has 5 nitrogen and oxygen atoms in total. The first-order valence-electron chi connectivity index (χ1n) is 7.92. The highest BCUT2D eigenvalue weighted by atomic mass is 32.2. The van der Waals surface area contributed by atoms with Gasteiger partial charge in [-0.25, -0.2) is 9.97 Å². The van der Waals surface area contributed by atoms with E-state index < -0.39 is 0 Å². The standard InChI is InChI=1S/C20H13N3O2S/c21-12-15-18(16-8-4-10-24-16)22-19(17-9-5-11-25-17)23-20(15)26-13-14-6-2-1-3-7-14/h1-11H,13H2. The van der Waals surface area contributed by atoms with E-state index in [0.29, 0.717) is 39.4 Å². The molecular weight excluding hydrogens is 346 g/mol. The predicted molar refractivity (Wildman–Crippen MR) is 98.2 cm³/mol. The number of nitrogens with zero attached hydrogens (tertiary/aromatic N) is 3. The fourth-order valence-electron chi connectivity index (χ4n) is 2.48. The molecule has 1 aromatic carbocycles. The van der Waals surface area contributed by atoms with Gasteiger partial charge in [-0.2, -0.15) is 5.26 Å². The van der Waals surface area contributed by atoms with Crippen LogP contribution >= 0.6 is 11.8 Å². The number of nitriles is 1. The largest absolute Gasteiger partial charge is 0.463 e. The summed E-state index contributed by atoms with van der Waals surface area (Å²) < 4.78 is 10.9. The fraction of sp³-hybridized carbons (Fsp3) is 0.0500. The van der Waals surface area contributed by atoms with Crippen molar-refractivity contribution in [2.75, 3.05) is 0 Å². The van der Waals surface area contributed by atoms with E-state index in [4.69, 9.17) is 8.83 Å². The molecule has 0 unspecified atom stereocenters. The third-order valence-electron chi connectivity index (χ3n) is 3.70. The summed E-state index contributed by atoms with van der Waals surface area (Å²) in [6, 6.07) is 19.4. The average molecular weight is 359 g/mol. The second kappa shape index (κ2) is 7.30. The normalized spacial score (nSPS) is 10.6. The Morgan fingerprint density at radius 1 is 0.885 bits per heavy atom. The highest BCUT2D eigenvalue weighted by Crippen LogP contribution is 2.33. The first kappa shape index (κ1) is 16.2.